The second kappa shape index (κ2) is 7.07. The predicted molar refractivity (Wildman–Crippen MR) is 70.4 cm³/mol. The van der Waals surface area contributed by atoms with Crippen molar-refractivity contribution in [2.24, 2.45) is 5.73 Å². The number of amides is 1. The number of hydrogen-bond acceptors (Lipinski definition) is 2. The van der Waals surface area contributed by atoms with Crippen LogP contribution >= 0.6 is 0 Å². The minimum Gasteiger partial charge on any atom is -0.337 e. The fourth-order valence-electron chi connectivity index (χ4n) is 1.82. The Morgan fingerprint density at radius 2 is 1.94 bits per heavy atom. The highest BCUT2D eigenvalue weighted by Crippen LogP contribution is 2.07. The van der Waals surface area contributed by atoms with Crippen molar-refractivity contribution in [2.45, 2.75) is 39.3 Å². The van der Waals surface area contributed by atoms with Gasteiger partial charge in [0.2, 0.25) is 5.91 Å². The smallest absolute Gasteiger partial charge is 0.239 e. The first-order valence-corrected chi connectivity index (χ1v) is 6.27. The van der Waals surface area contributed by atoms with Crippen LogP contribution in [0.2, 0.25) is 0 Å². The number of likely N-dealkylation sites (N-methyl/N-ethyl adjacent to an activating group) is 1. The van der Waals surface area contributed by atoms with Crippen LogP contribution in [0, 0.1) is 0 Å². The zero-order chi connectivity index (χ0) is 12.7. The van der Waals surface area contributed by atoms with Crippen LogP contribution in [-0.2, 0) is 11.3 Å². The third-order valence-corrected chi connectivity index (χ3v) is 2.83. The van der Waals surface area contributed by atoms with Gasteiger partial charge in [0.15, 0.2) is 0 Å². The van der Waals surface area contributed by atoms with Crippen molar-refractivity contribution in [3.8, 4) is 0 Å². The van der Waals surface area contributed by atoms with Gasteiger partial charge in [0.1, 0.15) is 0 Å². The lowest BCUT2D eigenvalue weighted by molar-refractivity contribution is -0.133. The Morgan fingerprint density at radius 3 is 2.47 bits per heavy atom. The van der Waals surface area contributed by atoms with Gasteiger partial charge in [0, 0.05) is 13.1 Å². The molecule has 0 unspecified atom stereocenters. The van der Waals surface area contributed by atoms with Crippen molar-refractivity contribution >= 4 is 5.91 Å². The minimum absolute atomic E-state index is 0.0539. The van der Waals surface area contributed by atoms with E-state index in [0.717, 1.165) is 18.4 Å². The quantitative estimate of drug-likeness (QED) is 0.820. The Balaban J connectivity index is 2.62. The normalized spacial score (nSPS) is 12.2. The highest BCUT2D eigenvalue weighted by atomic mass is 16.2. The Bertz CT molecular complexity index is 337. The van der Waals surface area contributed by atoms with Crippen LogP contribution in [0.4, 0.5) is 0 Å². The van der Waals surface area contributed by atoms with Crippen LogP contribution in [0.1, 0.15) is 32.3 Å². The third-order valence-electron chi connectivity index (χ3n) is 2.83. The summed E-state index contributed by atoms with van der Waals surface area (Å²) in [4.78, 5) is 13.9. The molecule has 0 aromatic heterocycles. The average molecular weight is 234 g/mol. The maximum absolute atomic E-state index is 12.1. The van der Waals surface area contributed by atoms with E-state index in [1.807, 2.05) is 49.1 Å². The maximum atomic E-state index is 12.1. The SMILES string of the molecule is CCC[C@@H](N)C(=O)N(CC)Cc1ccccc1. The Hall–Kier alpha value is -1.35. The van der Waals surface area contributed by atoms with Crippen LogP contribution in [0.15, 0.2) is 30.3 Å². The van der Waals surface area contributed by atoms with Gasteiger partial charge in [-0.3, -0.25) is 4.79 Å². The molecule has 3 heteroatoms. The van der Waals surface area contributed by atoms with Gasteiger partial charge in [-0.2, -0.15) is 0 Å². The monoisotopic (exact) mass is 234 g/mol. The Labute approximate surface area is 104 Å². The zero-order valence-electron chi connectivity index (χ0n) is 10.7. The standard InChI is InChI=1S/C14H22N2O/c1-3-8-13(15)14(17)16(4-2)11-12-9-6-5-7-10-12/h5-7,9-10,13H,3-4,8,11,15H2,1-2H3/t13-/m1/s1. The molecule has 17 heavy (non-hydrogen) atoms. The fraction of sp³-hybridized carbons (Fsp3) is 0.500. The molecule has 1 atom stereocenters. The van der Waals surface area contributed by atoms with Crippen molar-refractivity contribution < 1.29 is 4.79 Å². The molecule has 0 aliphatic carbocycles. The van der Waals surface area contributed by atoms with Gasteiger partial charge in [-0.1, -0.05) is 43.7 Å². The lowest BCUT2D eigenvalue weighted by Crippen LogP contribution is -2.43. The second-order valence-corrected chi connectivity index (χ2v) is 4.23. The number of nitrogens with zero attached hydrogens (tertiary/aromatic N) is 1. The lowest BCUT2D eigenvalue weighted by atomic mass is 10.1. The van der Waals surface area contributed by atoms with E-state index < -0.39 is 0 Å². The van der Waals surface area contributed by atoms with Crippen LogP contribution in [0.25, 0.3) is 0 Å². The summed E-state index contributed by atoms with van der Waals surface area (Å²) in [7, 11) is 0. The van der Waals surface area contributed by atoms with Crippen molar-refractivity contribution in [1.29, 1.82) is 0 Å². The van der Waals surface area contributed by atoms with E-state index in [2.05, 4.69) is 0 Å². The molecule has 94 valence electrons. The van der Waals surface area contributed by atoms with Crippen molar-refractivity contribution in [2.75, 3.05) is 6.54 Å². The first kappa shape index (κ1) is 13.7. The second-order valence-electron chi connectivity index (χ2n) is 4.23. The summed E-state index contributed by atoms with van der Waals surface area (Å²) in [5.74, 6) is 0.0539. The van der Waals surface area contributed by atoms with Crippen LogP contribution in [0.3, 0.4) is 0 Å². The van der Waals surface area contributed by atoms with E-state index in [4.69, 9.17) is 5.73 Å². The van der Waals surface area contributed by atoms with E-state index in [1.165, 1.54) is 0 Å². The summed E-state index contributed by atoms with van der Waals surface area (Å²) in [6.07, 6.45) is 1.69. The van der Waals surface area contributed by atoms with E-state index in [9.17, 15) is 4.79 Å². The molecule has 1 aromatic carbocycles. The van der Waals surface area contributed by atoms with Crippen molar-refractivity contribution in [1.82, 2.24) is 4.90 Å². The number of hydrogen-bond donors (Lipinski definition) is 1. The van der Waals surface area contributed by atoms with Gasteiger partial charge in [0.25, 0.3) is 0 Å². The average Bonchev–Trinajstić information content (AvgIpc) is 2.36. The summed E-state index contributed by atoms with van der Waals surface area (Å²) in [6, 6.07) is 9.65. The van der Waals surface area contributed by atoms with Gasteiger partial charge in [0.05, 0.1) is 6.04 Å². The molecule has 0 fully saturated rings. The van der Waals surface area contributed by atoms with Crippen LogP contribution in [-0.4, -0.2) is 23.4 Å². The molecule has 0 aliphatic rings. The molecular weight excluding hydrogens is 212 g/mol. The molecule has 0 radical (unpaired) electrons. The van der Waals surface area contributed by atoms with Crippen molar-refractivity contribution in [3.63, 3.8) is 0 Å². The van der Waals surface area contributed by atoms with Gasteiger partial charge in [-0.05, 0) is 18.9 Å². The van der Waals surface area contributed by atoms with Crippen LogP contribution in [0.5, 0.6) is 0 Å². The number of benzene rings is 1. The summed E-state index contributed by atoms with van der Waals surface area (Å²) in [5.41, 5.74) is 7.01. The first-order chi connectivity index (χ1) is 8.19. The fourth-order valence-corrected chi connectivity index (χ4v) is 1.82. The molecule has 3 nitrogen and oxygen atoms in total. The lowest BCUT2D eigenvalue weighted by Gasteiger charge is -2.24. The molecule has 0 bridgehead atoms. The minimum atomic E-state index is -0.358. The molecule has 0 saturated carbocycles. The number of nitrogens with two attached hydrogens (primary N) is 1. The predicted octanol–water partition coefficient (Wildman–Crippen LogP) is 2.16. The Morgan fingerprint density at radius 1 is 1.29 bits per heavy atom. The number of rotatable bonds is 6. The van der Waals surface area contributed by atoms with Gasteiger partial charge < -0.3 is 10.6 Å². The van der Waals surface area contributed by atoms with Crippen molar-refractivity contribution in [3.05, 3.63) is 35.9 Å². The van der Waals surface area contributed by atoms with Crippen LogP contribution < -0.4 is 5.73 Å². The molecular formula is C14H22N2O. The first-order valence-electron chi connectivity index (χ1n) is 6.27. The number of carbonyl (C=O) groups excluding carboxylic acids is 1. The molecule has 1 amide bonds. The van der Waals surface area contributed by atoms with E-state index >= 15 is 0 Å². The maximum Gasteiger partial charge on any atom is 0.239 e. The molecule has 0 aliphatic heterocycles. The summed E-state index contributed by atoms with van der Waals surface area (Å²) in [6.45, 7) is 5.37. The van der Waals surface area contributed by atoms with Gasteiger partial charge in [-0.15, -0.1) is 0 Å². The molecule has 1 aromatic rings. The summed E-state index contributed by atoms with van der Waals surface area (Å²) < 4.78 is 0. The van der Waals surface area contributed by atoms with E-state index in [-0.39, 0.29) is 11.9 Å². The highest BCUT2D eigenvalue weighted by Gasteiger charge is 2.18. The molecule has 0 saturated heterocycles. The Kier molecular flexibility index (Phi) is 5.70. The molecule has 2 N–H and O–H groups in total. The van der Waals surface area contributed by atoms with Gasteiger partial charge >= 0.3 is 0 Å². The summed E-state index contributed by atoms with van der Waals surface area (Å²) in [5, 5.41) is 0. The topological polar surface area (TPSA) is 46.3 Å². The molecule has 0 heterocycles. The third kappa shape index (κ3) is 4.19. The molecule has 1 rings (SSSR count). The largest absolute Gasteiger partial charge is 0.337 e. The molecule has 0 spiro atoms. The number of carbonyl (C=O) groups is 1. The van der Waals surface area contributed by atoms with E-state index in [1.54, 1.807) is 0 Å². The highest BCUT2D eigenvalue weighted by molar-refractivity contribution is 5.81. The zero-order valence-corrected chi connectivity index (χ0v) is 10.7. The summed E-state index contributed by atoms with van der Waals surface area (Å²) >= 11 is 0. The van der Waals surface area contributed by atoms with Gasteiger partial charge in [-0.25, -0.2) is 0 Å². The van der Waals surface area contributed by atoms with E-state index in [0.29, 0.717) is 13.1 Å².